The number of hydrogen-bond acceptors (Lipinski definition) is 3. The average molecular weight is 375 g/mol. The summed E-state index contributed by atoms with van der Waals surface area (Å²) in [6.07, 6.45) is -0.235. The number of carbonyl (C=O) groups excluding carboxylic acids is 1. The van der Waals surface area contributed by atoms with E-state index in [1.807, 2.05) is 44.2 Å². The summed E-state index contributed by atoms with van der Waals surface area (Å²) in [7, 11) is 0. The third-order valence-electron chi connectivity index (χ3n) is 3.09. The zero-order valence-electron chi connectivity index (χ0n) is 11.1. The predicted molar refractivity (Wildman–Crippen MR) is 81.2 cm³/mol. The van der Waals surface area contributed by atoms with Crippen molar-refractivity contribution < 1.29 is 14.3 Å². The van der Waals surface area contributed by atoms with Crippen molar-refractivity contribution in [2.24, 2.45) is 0 Å². The molecule has 0 bridgehead atoms. The van der Waals surface area contributed by atoms with Gasteiger partial charge < -0.3 is 9.47 Å². The Hall–Kier alpha value is -0.820. The van der Waals surface area contributed by atoms with Gasteiger partial charge in [0.2, 0.25) is 0 Å². The summed E-state index contributed by atoms with van der Waals surface area (Å²) >= 11 is 2.27. The van der Waals surface area contributed by atoms with Crippen LogP contribution >= 0.6 is 22.6 Å². The molecule has 1 aromatic rings. The Kier molecular flexibility index (Phi) is 4.67. The molecule has 0 aliphatic carbocycles. The number of benzene rings is 1. The van der Waals surface area contributed by atoms with Gasteiger partial charge in [-0.15, -0.1) is 0 Å². The van der Waals surface area contributed by atoms with Crippen LogP contribution in [0.3, 0.4) is 0 Å². The molecule has 19 heavy (non-hydrogen) atoms. The highest BCUT2D eigenvalue weighted by molar-refractivity contribution is 14.1. The molecule has 5 heteroatoms. The minimum Gasteiger partial charge on any atom is -0.444 e. The highest BCUT2D eigenvalue weighted by Gasteiger charge is 2.42. The van der Waals surface area contributed by atoms with E-state index in [1.54, 1.807) is 4.90 Å². The fourth-order valence-corrected chi connectivity index (χ4v) is 2.56. The van der Waals surface area contributed by atoms with Gasteiger partial charge in [0.25, 0.3) is 0 Å². The monoisotopic (exact) mass is 375 g/mol. The molecule has 1 fully saturated rings. The minimum absolute atomic E-state index is 0.0832. The first-order chi connectivity index (χ1) is 9.03. The van der Waals surface area contributed by atoms with Crippen LogP contribution in [0.4, 0.5) is 4.79 Å². The number of nitrogens with zero attached hydrogens (tertiary/aromatic N) is 1. The van der Waals surface area contributed by atoms with E-state index in [0.717, 1.165) is 9.99 Å². The molecule has 1 atom stereocenters. The lowest BCUT2D eigenvalue weighted by Crippen LogP contribution is -2.43. The van der Waals surface area contributed by atoms with Gasteiger partial charge >= 0.3 is 6.09 Å². The van der Waals surface area contributed by atoms with E-state index in [2.05, 4.69) is 22.6 Å². The smallest absolute Gasteiger partial charge is 0.412 e. The van der Waals surface area contributed by atoms with Crippen LogP contribution in [-0.4, -0.2) is 33.8 Å². The largest absolute Gasteiger partial charge is 0.444 e. The number of carbonyl (C=O) groups is 1. The van der Waals surface area contributed by atoms with Crippen molar-refractivity contribution in [1.29, 1.82) is 0 Å². The highest BCUT2D eigenvalue weighted by atomic mass is 127. The Bertz CT molecular complexity index is 436. The van der Waals surface area contributed by atoms with Crippen LogP contribution in [0.1, 0.15) is 19.4 Å². The summed E-state index contributed by atoms with van der Waals surface area (Å²) in [6, 6.07) is 9.67. The van der Waals surface area contributed by atoms with Crippen molar-refractivity contribution in [3.63, 3.8) is 0 Å². The van der Waals surface area contributed by atoms with Gasteiger partial charge in [-0.3, -0.25) is 4.90 Å². The van der Waals surface area contributed by atoms with Crippen molar-refractivity contribution in [3.05, 3.63) is 35.9 Å². The molecule has 0 aromatic heterocycles. The van der Waals surface area contributed by atoms with Gasteiger partial charge in [-0.05, 0) is 19.4 Å². The van der Waals surface area contributed by atoms with E-state index in [4.69, 9.17) is 9.47 Å². The molecular weight excluding hydrogens is 357 g/mol. The third kappa shape index (κ3) is 3.60. The van der Waals surface area contributed by atoms with E-state index >= 15 is 0 Å². The standard InChI is InChI=1S/C14H18INO3/c1-14(2)16(9-12(8-15)19-14)13(17)18-10-11-6-4-3-5-7-11/h3-7,12H,8-10H2,1-2H3/t12-/m1/s1. The fourth-order valence-electron chi connectivity index (χ4n) is 2.10. The molecule has 0 unspecified atom stereocenters. The van der Waals surface area contributed by atoms with Gasteiger partial charge in [0.1, 0.15) is 12.3 Å². The van der Waals surface area contributed by atoms with Crippen LogP contribution in [0.15, 0.2) is 30.3 Å². The second kappa shape index (κ2) is 6.09. The summed E-state index contributed by atoms with van der Waals surface area (Å²) in [5, 5.41) is 0. The summed E-state index contributed by atoms with van der Waals surface area (Å²) in [5.41, 5.74) is 0.392. The first kappa shape index (κ1) is 14.6. The van der Waals surface area contributed by atoms with E-state index in [9.17, 15) is 4.79 Å². The number of hydrogen-bond donors (Lipinski definition) is 0. The zero-order valence-corrected chi connectivity index (χ0v) is 13.3. The summed E-state index contributed by atoms with van der Waals surface area (Å²) in [6.45, 7) is 4.66. The van der Waals surface area contributed by atoms with Gasteiger partial charge in [-0.25, -0.2) is 4.79 Å². The summed E-state index contributed by atoms with van der Waals surface area (Å²) < 4.78 is 12.0. The van der Waals surface area contributed by atoms with Crippen LogP contribution in [0.2, 0.25) is 0 Å². The normalized spacial score (nSPS) is 21.4. The molecule has 0 radical (unpaired) electrons. The quantitative estimate of drug-likeness (QED) is 0.602. The van der Waals surface area contributed by atoms with Crippen molar-refractivity contribution >= 4 is 28.7 Å². The van der Waals surface area contributed by atoms with Crippen LogP contribution in [0.25, 0.3) is 0 Å². The molecule has 1 heterocycles. The first-order valence-electron chi connectivity index (χ1n) is 6.25. The van der Waals surface area contributed by atoms with E-state index in [1.165, 1.54) is 0 Å². The molecule has 2 rings (SSSR count). The summed E-state index contributed by atoms with van der Waals surface area (Å²) in [5.74, 6) is 0. The minimum atomic E-state index is -0.594. The Morgan fingerprint density at radius 3 is 2.74 bits per heavy atom. The van der Waals surface area contributed by atoms with E-state index < -0.39 is 5.72 Å². The molecule has 1 aliphatic rings. The molecule has 1 amide bonds. The van der Waals surface area contributed by atoms with Gasteiger partial charge in [-0.1, -0.05) is 52.9 Å². The molecule has 0 spiro atoms. The van der Waals surface area contributed by atoms with Crippen LogP contribution < -0.4 is 0 Å². The average Bonchev–Trinajstić information content (AvgIpc) is 2.72. The van der Waals surface area contributed by atoms with Crippen LogP contribution in [-0.2, 0) is 16.1 Å². The van der Waals surface area contributed by atoms with Crippen LogP contribution in [0, 0.1) is 0 Å². The Morgan fingerprint density at radius 1 is 1.47 bits per heavy atom. The summed E-state index contributed by atoms with van der Waals surface area (Å²) in [4.78, 5) is 13.8. The van der Waals surface area contributed by atoms with Gasteiger partial charge in [0.05, 0.1) is 12.6 Å². The molecule has 0 N–H and O–H groups in total. The first-order valence-corrected chi connectivity index (χ1v) is 7.77. The van der Waals surface area contributed by atoms with Gasteiger partial charge in [0.15, 0.2) is 0 Å². The zero-order chi connectivity index (χ0) is 13.9. The topological polar surface area (TPSA) is 38.8 Å². The maximum Gasteiger partial charge on any atom is 0.412 e. The third-order valence-corrected chi connectivity index (χ3v) is 4.07. The Labute approximate surface area is 127 Å². The predicted octanol–water partition coefficient (Wildman–Crippen LogP) is 3.20. The van der Waals surface area contributed by atoms with Crippen molar-refractivity contribution in [2.75, 3.05) is 11.0 Å². The van der Waals surface area contributed by atoms with Crippen molar-refractivity contribution in [1.82, 2.24) is 4.90 Å². The number of halogens is 1. The lowest BCUT2D eigenvalue weighted by molar-refractivity contribution is -0.0646. The Balaban J connectivity index is 1.93. The van der Waals surface area contributed by atoms with E-state index in [-0.39, 0.29) is 12.2 Å². The molecule has 104 valence electrons. The second-order valence-corrected chi connectivity index (χ2v) is 5.87. The SMILES string of the molecule is CC1(C)O[C@H](CI)CN1C(=O)OCc1ccccc1. The Morgan fingerprint density at radius 2 is 2.16 bits per heavy atom. The maximum absolute atomic E-state index is 12.1. The molecular formula is C14H18INO3. The van der Waals surface area contributed by atoms with Crippen LogP contribution in [0.5, 0.6) is 0 Å². The van der Waals surface area contributed by atoms with E-state index in [0.29, 0.717) is 13.2 Å². The number of amides is 1. The molecule has 1 aromatic carbocycles. The molecule has 1 saturated heterocycles. The maximum atomic E-state index is 12.1. The van der Waals surface area contributed by atoms with Gasteiger partial charge in [-0.2, -0.15) is 0 Å². The second-order valence-electron chi connectivity index (χ2n) is 4.99. The number of alkyl halides is 1. The molecule has 0 saturated carbocycles. The molecule has 4 nitrogen and oxygen atoms in total. The lowest BCUT2D eigenvalue weighted by Gasteiger charge is -2.28. The van der Waals surface area contributed by atoms with Crippen molar-refractivity contribution in [3.8, 4) is 0 Å². The lowest BCUT2D eigenvalue weighted by atomic mass is 10.2. The van der Waals surface area contributed by atoms with Crippen molar-refractivity contribution in [2.45, 2.75) is 32.3 Å². The molecule has 1 aliphatic heterocycles. The number of rotatable bonds is 3. The fraction of sp³-hybridized carbons (Fsp3) is 0.500. The highest BCUT2D eigenvalue weighted by Crippen LogP contribution is 2.28. The number of ether oxygens (including phenoxy) is 2. The van der Waals surface area contributed by atoms with Gasteiger partial charge in [0, 0.05) is 4.43 Å².